The lowest BCUT2D eigenvalue weighted by molar-refractivity contribution is -0.129. The second-order valence-electron chi connectivity index (χ2n) is 5.43. The van der Waals surface area contributed by atoms with Crippen molar-refractivity contribution in [2.24, 2.45) is 0 Å². The van der Waals surface area contributed by atoms with Crippen LogP contribution in [0.1, 0.15) is 31.2 Å². The summed E-state index contributed by atoms with van der Waals surface area (Å²) in [7, 11) is 3.96. The number of benzene rings is 1. The Morgan fingerprint density at radius 3 is 2.32 bits per heavy atom. The molecule has 0 unspecified atom stereocenters. The Kier molecular flexibility index (Phi) is 7.99. The van der Waals surface area contributed by atoms with Crippen LogP contribution in [0.15, 0.2) is 24.3 Å². The normalized spacial score (nSPS) is 10.1. The summed E-state index contributed by atoms with van der Waals surface area (Å²) in [4.78, 5) is 24.6. The van der Waals surface area contributed by atoms with Crippen LogP contribution in [0.2, 0.25) is 0 Å². The first-order chi connectivity index (χ1) is 10.5. The van der Waals surface area contributed by atoms with Gasteiger partial charge in [-0.15, -0.1) is 0 Å². The quantitative estimate of drug-likeness (QED) is 0.367. The highest BCUT2D eigenvalue weighted by Gasteiger charge is 2.04. The minimum atomic E-state index is -0.370. The third-order valence-electron chi connectivity index (χ3n) is 3.34. The second-order valence-corrected chi connectivity index (χ2v) is 5.43. The van der Waals surface area contributed by atoms with Crippen molar-refractivity contribution in [2.45, 2.75) is 32.1 Å². The average Bonchev–Trinajstić information content (AvgIpc) is 2.50. The van der Waals surface area contributed by atoms with Crippen LogP contribution in [0.25, 0.3) is 0 Å². The first kappa shape index (κ1) is 18.0. The van der Waals surface area contributed by atoms with Crippen LogP contribution in [0, 0.1) is 0 Å². The van der Waals surface area contributed by atoms with E-state index in [1.807, 2.05) is 43.3 Å². The predicted octanol–water partition coefficient (Wildman–Crippen LogP) is 1.48. The molecule has 1 aromatic carbocycles. The van der Waals surface area contributed by atoms with Gasteiger partial charge in [0, 0.05) is 32.7 Å². The Hall–Kier alpha value is -2.08. The number of nitrogens with one attached hydrogen (secondary N) is 2. The topological polar surface area (TPSA) is 81.7 Å². The molecule has 0 aromatic heterocycles. The van der Waals surface area contributed by atoms with E-state index < -0.39 is 0 Å². The minimum absolute atomic E-state index is 0.00528. The fourth-order valence-corrected chi connectivity index (χ4v) is 2.03. The van der Waals surface area contributed by atoms with Gasteiger partial charge >= 0.3 is 0 Å². The molecule has 0 aliphatic rings. The molecule has 0 aliphatic carbocycles. The Morgan fingerprint density at radius 1 is 1.05 bits per heavy atom. The van der Waals surface area contributed by atoms with Crippen molar-refractivity contribution in [3.05, 3.63) is 29.8 Å². The van der Waals surface area contributed by atoms with Crippen LogP contribution in [0.5, 0.6) is 0 Å². The number of rotatable bonds is 9. The minimum Gasteiger partial charge on any atom is -0.378 e. The molecule has 0 aliphatic heterocycles. The van der Waals surface area contributed by atoms with Crippen molar-refractivity contribution < 1.29 is 14.8 Å². The smallest absolute Gasteiger partial charge is 0.243 e. The molecule has 0 saturated heterocycles. The highest BCUT2D eigenvalue weighted by molar-refractivity contribution is 5.78. The Balaban J connectivity index is 2.17. The summed E-state index contributed by atoms with van der Waals surface area (Å²) in [5.41, 5.74) is 3.70. The van der Waals surface area contributed by atoms with Gasteiger partial charge in [-0.05, 0) is 30.5 Å². The van der Waals surface area contributed by atoms with Gasteiger partial charge in [-0.2, -0.15) is 0 Å². The molecule has 0 saturated carbocycles. The number of hydrogen-bond donors (Lipinski definition) is 3. The van der Waals surface area contributed by atoms with Gasteiger partial charge in [-0.25, -0.2) is 5.48 Å². The van der Waals surface area contributed by atoms with E-state index in [9.17, 15) is 9.59 Å². The maximum Gasteiger partial charge on any atom is 0.243 e. The van der Waals surface area contributed by atoms with Crippen LogP contribution in [0.4, 0.5) is 5.69 Å². The van der Waals surface area contributed by atoms with Crippen LogP contribution >= 0.6 is 0 Å². The lowest BCUT2D eigenvalue weighted by Crippen LogP contribution is -2.26. The maximum atomic E-state index is 11.8. The van der Waals surface area contributed by atoms with Crippen molar-refractivity contribution in [2.75, 3.05) is 25.5 Å². The lowest BCUT2D eigenvalue weighted by atomic mass is 10.1. The number of carbonyl (C=O) groups is 2. The van der Waals surface area contributed by atoms with Crippen LogP contribution in [-0.2, 0) is 16.0 Å². The standard InChI is InChI=1S/C16H25N3O3/c1-19(2)14-9-7-13(8-10-14)12-16(21)17-11-5-3-4-6-15(20)18-22/h7-10,22H,3-6,11-12H2,1-2H3,(H,17,21)(H,18,20). The molecule has 6 heteroatoms. The van der Waals surface area contributed by atoms with Gasteiger partial charge in [0.25, 0.3) is 0 Å². The fraction of sp³-hybridized carbons (Fsp3) is 0.500. The fourth-order valence-electron chi connectivity index (χ4n) is 2.03. The molecule has 6 nitrogen and oxygen atoms in total. The van der Waals surface area contributed by atoms with Crippen molar-refractivity contribution >= 4 is 17.5 Å². The molecule has 0 heterocycles. The molecule has 0 bridgehead atoms. The van der Waals surface area contributed by atoms with Gasteiger partial charge < -0.3 is 10.2 Å². The zero-order valence-corrected chi connectivity index (χ0v) is 13.3. The maximum absolute atomic E-state index is 11.8. The van der Waals surface area contributed by atoms with Crippen molar-refractivity contribution in [1.82, 2.24) is 10.8 Å². The van der Waals surface area contributed by atoms with E-state index >= 15 is 0 Å². The highest BCUT2D eigenvalue weighted by atomic mass is 16.5. The number of carbonyl (C=O) groups excluding carboxylic acids is 2. The lowest BCUT2D eigenvalue weighted by Gasteiger charge is -2.12. The zero-order chi connectivity index (χ0) is 16.4. The van der Waals surface area contributed by atoms with Gasteiger partial charge in [0.1, 0.15) is 0 Å². The third kappa shape index (κ3) is 7.08. The van der Waals surface area contributed by atoms with Crippen LogP contribution in [-0.4, -0.2) is 37.7 Å². The summed E-state index contributed by atoms with van der Waals surface area (Å²) >= 11 is 0. The first-order valence-corrected chi connectivity index (χ1v) is 7.49. The van der Waals surface area contributed by atoms with E-state index in [-0.39, 0.29) is 11.8 Å². The summed E-state index contributed by atoms with van der Waals surface area (Å²) in [5, 5.41) is 11.2. The number of nitrogens with zero attached hydrogens (tertiary/aromatic N) is 1. The highest BCUT2D eigenvalue weighted by Crippen LogP contribution is 2.12. The molecule has 1 rings (SSSR count). The van der Waals surface area contributed by atoms with Gasteiger partial charge in [0.15, 0.2) is 0 Å². The number of anilines is 1. The number of unbranched alkanes of at least 4 members (excludes halogenated alkanes) is 2. The number of amides is 2. The van der Waals surface area contributed by atoms with E-state index in [1.165, 1.54) is 0 Å². The van der Waals surface area contributed by atoms with E-state index in [2.05, 4.69) is 5.32 Å². The summed E-state index contributed by atoms with van der Waals surface area (Å²) in [6.07, 6.45) is 3.05. The third-order valence-corrected chi connectivity index (χ3v) is 3.34. The van der Waals surface area contributed by atoms with Crippen molar-refractivity contribution in [1.29, 1.82) is 0 Å². The number of hydrogen-bond acceptors (Lipinski definition) is 4. The molecule has 0 atom stereocenters. The van der Waals surface area contributed by atoms with Gasteiger partial charge in [-0.1, -0.05) is 18.6 Å². The largest absolute Gasteiger partial charge is 0.378 e. The second kappa shape index (κ2) is 9.78. The monoisotopic (exact) mass is 307 g/mol. The van der Waals surface area contributed by atoms with Crippen molar-refractivity contribution in [3.8, 4) is 0 Å². The summed E-state index contributed by atoms with van der Waals surface area (Å²) < 4.78 is 0. The molecule has 1 aromatic rings. The van der Waals surface area contributed by atoms with Crippen LogP contribution in [0.3, 0.4) is 0 Å². The SMILES string of the molecule is CN(C)c1ccc(CC(=O)NCCCCCC(=O)NO)cc1. The molecular weight excluding hydrogens is 282 g/mol. The first-order valence-electron chi connectivity index (χ1n) is 7.49. The van der Waals surface area contributed by atoms with Crippen molar-refractivity contribution in [3.63, 3.8) is 0 Å². The van der Waals surface area contributed by atoms with Gasteiger partial charge in [0.05, 0.1) is 6.42 Å². The van der Waals surface area contributed by atoms with Gasteiger partial charge in [0.2, 0.25) is 11.8 Å². The zero-order valence-electron chi connectivity index (χ0n) is 13.3. The Bertz CT molecular complexity index is 472. The Morgan fingerprint density at radius 2 is 1.73 bits per heavy atom. The molecule has 2 amide bonds. The molecule has 22 heavy (non-hydrogen) atoms. The summed E-state index contributed by atoms with van der Waals surface area (Å²) in [6, 6.07) is 7.91. The van der Waals surface area contributed by atoms with E-state index in [4.69, 9.17) is 5.21 Å². The summed E-state index contributed by atoms with van der Waals surface area (Å²) in [5.74, 6) is -0.365. The average molecular weight is 307 g/mol. The van der Waals surface area contributed by atoms with Gasteiger partial charge in [-0.3, -0.25) is 14.8 Å². The molecule has 122 valence electrons. The molecular formula is C16H25N3O3. The predicted molar refractivity (Wildman–Crippen MR) is 85.9 cm³/mol. The molecule has 0 fully saturated rings. The molecule has 0 spiro atoms. The van der Waals surface area contributed by atoms with E-state index in [0.29, 0.717) is 25.8 Å². The Labute approximate surface area is 131 Å². The van der Waals surface area contributed by atoms with Crippen LogP contribution < -0.4 is 15.7 Å². The van der Waals surface area contributed by atoms with E-state index in [1.54, 1.807) is 5.48 Å². The summed E-state index contributed by atoms with van der Waals surface area (Å²) in [6.45, 7) is 0.607. The molecule has 0 radical (unpaired) electrons. The number of hydroxylamine groups is 1. The molecule has 3 N–H and O–H groups in total. The van der Waals surface area contributed by atoms with E-state index in [0.717, 1.165) is 24.1 Å².